The summed E-state index contributed by atoms with van der Waals surface area (Å²) in [5, 5.41) is 2.78. The molecule has 0 aromatic heterocycles. The van der Waals surface area contributed by atoms with E-state index in [4.69, 9.17) is 5.73 Å². The number of amides is 2. The highest BCUT2D eigenvalue weighted by Gasteiger charge is 2.33. The number of hydrogen-bond acceptors (Lipinski definition) is 1. The molecule has 0 fully saturated rings. The van der Waals surface area contributed by atoms with E-state index in [9.17, 15) is 4.79 Å². The first-order chi connectivity index (χ1) is 5.86. The third-order valence-electron chi connectivity index (χ3n) is 2.65. The largest absolute Gasteiger partial charge is 0.352 e. The van der Waals surface area contributed by atoms with Crippen LogP contribution in [0.3, 0.4) is 0 Å². The van der Waals surface area contributed by atoms with Crippen LogP contribution in [0.25, 0.3) is 0 Å². The third kappa shape index (κ3) is 2.47. The van der Waals surface area contributed by atoms with Crippen LogP contribution in [0.4, 0.5) is 4.79 Å². The van der Waals surface area contributed by atoms with Crippen molar-refractivity contribution in [2.45, 2.75) is 39.7 Å². The van der Waals surface area contributed by atoms with Crippen LogP contribution in [0.15, 0.2) is 12.2 Å². The van der Waals surface area contributed by atoms with Gasteiger partial charge < -0.3 is 11.1 Å². The van der Waals surface area contributed by atoms with Crippen LogP contribution in [0.5, 0.6) is 0 Å². The summed E-state index contributed by atoms with van der Waals surface area (Å²) in [7, 11) is 0. The van der Waals surface area contributed by atoms with Crippen molar-refractivity contribution in [2.75, 3.05) is 0 Å². The van der Waals surface area contributed by atoms with Gasteiger partial charge in [-0.05, 0) is 19.3 Å². The van der Waals surface area contributed by atoms with Gasteiger partial charge in [-0.25, -0.2) is 4.79 Å². The number of urea groups is 1. The predicted molar refractivity (Wildman–Crippen MR) is 55.4 cm³/mol. The third-order valence-corrected chi connectivity index (χ3v) is 2.65. The number of primary amides is 1. The van der Waals surface area contributed by atoms with Crippen molar-refractivity contribution in [3.8, 4) is 0 Å². The zero-order valence-corrected chi connectivity index (χ0v) is 8.98. The topological polar surface area (TPSA) is 55.1 Å². The number of nitrogens with two attached hydrogens (primary N) is 1. The van der Waals surface area contributed by atoms with Gasteiger partial charge in [0.25, 0.3) is 0 Å². The van der Waals surface area contributed by atoms with Gasteiger partial charge in [0.05, 0.1) is 5.54 Å². The van der Waals surface area contributed by atoms with Crippen LogP contribution in [0.1, 0.15) is 34.1 Å². The Morgan fingerprint density at radius 3 is 2.15 bits per heavy atom. The molecule has 1 unspecified atom stereocenters. The standard InChI is InChI=1S/C10H20N2O/c1-6-10(7(2)3,8(4)5)12-9(11)13/h8H,2,6H2,1,3-5H3,(H3,11,12,13). The van der Waals surface area contributed by atoms with Crippen molar-refractivity contribution in [3.63, 3.8) is 0 Å². The van der Waals surface area contributed by atoms with Gasteiger partial charge in [-0.3, -0.25) is 0 Å². The number of carbonyl (C=O) groups excluding carboxylic acids is 1. The van der Waals surface area contributed by atoms with Crippen LogP contribution >= 0.6 is 0 Å². The first kappa shape index (κ1) is 12.0. The van der Waals surface area contributed by atoms with E-state index in [0.29, 0.717) is 5.92 Å². The van der Waals surface area contributed by atoms with Crippen molar-refractivity contribution in [1.82, 2.24) is 5.32 Å². The molecule has 1 atom stereocenters. The van der Waals surface area contributed by atoms with E-state index in [1.165, 1.54) is 0 Å². The molecule has 0 saturated heterocycles. The molecule has 3 heteroatoms. The fourth-order valence-corrected chi connectivity index (χ4v) is 1.76. The summed E-state index contributed by atoms with van der Waals surface area (Å²) in [4.78, 5) is 10.9. The van der Waals surface area contributed by atoms with Crippen LogP contribution in [-0.4, -0.2) is 11.6 Å². The molecule has 0 heterocycles. The maximum atomic E-state index is 10.9. The van der Waals surface area contributed by atoms with E-state index in [0.717, 1.165) is 12.0 Å². The smallest absolute Gasteiger partial charge is 0.312 e. The first-order valence-corrected chi connectivity index (χ1v) is 4.60. The molecule has 0 radical (unpaired) electrons. The van der Waals surface area contributed by atoms with Crippen molar-refractivity contribution in [3.05, 3.63) is 12.2 Å². The maximum Gasteiger partial charge on any atom is 0.312 e. The van der Waals surface area contributed by atoms with Gasteiger partial charge in [-0.2, -0.15) is 0 Å². The monoisotopic (exact) mass is 184 g/mol. The highest BCUT2D eigenvalue weighted by atomic mass is 16.2. The van der Waals surface area contributed by atoms with Crippen LogP contribution in [0.2, 0.25) is 0 Å². The van der Waals surface area contributed by atoms with Gasteiger partial charge in [0.1, 0.15) is 0 Å². The van der Waals surface area contributed by atoms with E-state index in [1.807, 2.05) is 27.7 Å². The number of hydrogen-bond donors (Lipinski definition) is 2. The minimum Gasteiger partial charge on any atom is -0.352 e. The molecule has 76 valence electrons. The molecular formula is C10H20N2O. The normalized spacial score (nSPS) is 15.2. The Balaban J connectivity index is 4.87. The summed E-state index contributed by atoms with van der Waals surface area (Å²) >= 11 is 0. The van der Waals surface area contributed by atoms with Crippen LogP contribution in [0, 0.1) is 5.92 Å². The number of carbonyl (C=O) groups is 1. The summed E-state index contributed by atoms with van der Waals surface area (Å²) in [6, 6.07) is -0.487. The zero-order chi connectivity index (χ0) is 10.6. The summed E-state index contributed by atoms with van der Waals surface area (Å²) in [6.07, 6.45) is 0.808. The Labute approximate surface area is 80.4 Å². The molecule has 0 rings (SSSR count). The molecule has 0 aliphatic rings. The Kier molecular flexibility index (Phi) is 3.98. The molecule has 0 bridgehead atoms. The quantitative estimate of drug-likeness (QED) is 0.645. The average molecular weight is 184 g/mol. The van der Waals surface area contributed by atoms with E-state index in [1.54, 1.807) is 0 Å². The molecular weight excluding hydrogens is 164 g/mol. The molecule has 0 saturated carbocycles. The molecule has 0 aromatic carbocycles. The van der Waals surface area contributed by atoms with E-state index < -0.39 is 6.03 Å². The lowest BCUT2D eigenvalue weighted by atomic mass is 9.78. The number of rotatable bonds is 4. The Morgan fingerprint density at radius 2 is 2.08 bits per heavy atom. The minimum atomic E-state index is -0.487. The molecule has 3 N–H and O–H groups in total. The van der Waals surface area contributed by atoms with E-state index >= 15 is 0 Å². The Hall–Kier alpha value is -0.990. The van der Waals surface area contributed by atoms with E-state index in [2.05, 4.69) is 11.9 Å². The molecule has 0 aliphatic heterocycles. The van der Waals surface area contributed by atoms with Gasteiger partial charge >= 0.3 is 6.03 Å². The fraction of sp³-hybridized carbons (Fsp3) is 0.700. The van der Waals surface area contributed by atoms with Gasteiger partial charge in [0.15, 0.2) is 0 Å². The molecule has 2 amide bonds. The number of nitrogens with one attached hydrogen (secondary N) is 1. The summed E-state index contributed by atoms with van der Waals surface area (Å²) < 4.78 is 0. The second kappa shape index (κ2) is 4.30. The lowest BCUT2D eigenvalue weighted by Gasteiger charge is -2.37. The summed E-state index contributed by atoms with van der Waals surface area (Å²) in [5.74, 6) is 0.294. The van der Waals surface area contributed by atoms with Crippen LogP contribution < -0.4 is 11.1 Å². The fourth-order valence-electron chi connectivity index (χ4n) is 1.76. The van der Waals surface area contributed by atoms with Crippen molar-refractivity contribution >= 4 is 6.03 Å². The Morgan fingerprint density at radius 1 is 1.62 bits per heavy atom. The van der Waals surface area contributed by atoms with Gasteiger partial charge in [0, 0.05) is 0 Å². The second-order valence-corrected chi connectivity index (χ2v) is 3.75. The van der Waals surface area contributed by atoms with Crippen LogP contribution in [-0.2, 0) is 0 Å². The highest BCUT2D eigenvalue weighted by molar-refractivity contribution is 5.73. The average Bonchev–Trinajstić information content (AvgIpc) is 1.98. The zero-order valence-electron chi connectivity index (χ0n) is 8.98. The van der Waals surface area contributed by atoms with Crippen molar-refractivity contribution < 1.29 is 4.79 Å². The molecule has 0 spiro atoms. The highest BCUT2D eigenvalue weighted by Crippen LogP contribution is 2.27. The molecule has 0 aliphatic carbocycles. The van der Waals surface area contributed by atoms with E-state index in [-0.39, 0.29) is 5.54 Å². The van der Waals surface area contributed by atoms with Crippen molar-refractivity contribution in [1.29, 1.82) is 0 Å². The van der Waals surface area contributed by atoms with Gasteiger partial charge in [-0.15, -0.1) is 0 Å². The lowest BCUT2D eigenvalue weighted by Crippen LogP contribution is -2.54. The maximum absolute atomic E-state index is 10.9. The van der Waals surface area contributed by atoms with Gasteiger partial charge in [-0.1, -0.05) is 32.9 Å². The lowest BCUT2D eigenvalue weighted by molar-refractivity contribution is 0.223. The van der Waals surface area contributed by atoms with Gasteiger partial charge in [0.2, 0.25) is 0 Å². The molecule has 0 aromatic rings. The molecule has 13 heavy (non-hydrogen) atoms. The minimum absolute atomic E-state index is 0.294. The first-order valence-electron chi connectivity index (χ1n) is 4.60. The molecule has 3 nitrogen and oxygen atoms in total. The Bertz CT molecular complexity index is 211. The van der Waals surface area contributed by atoms with Crippen molar-refractivity contribution in [2.24, 2.45) is 11.7 Å². The second-order valence-electron chi connectivity index (χ2n) is 3.75. The predicted octanol–water partition coefficient (Wildman–Crippen LogP) is 2.04. The summed E-state index contributed by atoms with van der Waals surface area (Å²) in [6.45, 7) is 11.9. The summed E-state index contributed by atoms with van der Waals surface area (Å²) in [5.41, 5.74) is 5.73. The SMILES string of the molecule is C=C(C)C(CC)(NC(N)=O)C(C)C.